The summed E-state index contributed by atoms with van der Waals surface area (Å²) in [4.78, 5) is 16.8. The number of hydrogen-bond acceptors (Lipinski definition) is 3. The molecule has 92 valence electrons. The van der Waals surface area contributed by atoms with Crippen molar-refractivity contribution in [2.24, 2.45) is 5.92 Å². The van der Waals surface area contributed by atoms with E-state index in [2.05, 4.69) is 12.2 Å². The third kappa shape index (κ3) is 2.02. The van der Waals surface area contributed by atoms with Gasteiger partial charge in [-0.25, -0.2) is 4.98 Å². The van der Waals surface area contributed by atoms with Crippen molar-refractivity contribution in [2.75, 3.05) is 6.54 Å². The largest absolute Gasteiger partial charge is 0.309 e. The number of nitrogens with one attached hydrogen (secondary N) is 1. The summed E-state index contributed by atoms with van der Waals surface area (Å²) < 4.78 is 1.85. The summed E-state index contributed by atoms with van der Waals surface area (Å²) in [5, 5.41) is 3.41. The second kappa shape index (κ2) is 4.26. The van der Waals surface area contributed by atoms with Crippen LogP contribution < -0.4 is 10.9 Å². The van der Waals surface area contributed by atoms with E-state index in [1.54, 1.807) is 6.07 Å². The fourth-order valence-corrected chi connectivity index (χ4v) is 2.85. The smallest absolute Gasteiger partial charge is 0.253 e. The summed E-state index contributed by atoms with van der Waals surface area (Å²) >= 11 is 0. The minimum Gasteiger partial charge on any atom is -0.309 e. The highest BCUT2D eigenvalue weighted by Crippen LogP contribution is 2.22. The second-order valence-electron chi connectivity index (χ2n) is 5.34. The van der Waals surface area contributed by atoms with Crippen molar-refractivity contribution in [2.45, 2.75) is 45.2 Å². The standard InChI is InChI=1S/C13H19N3O/c1-9-4-5-12-15-11(10-3-2-6-14-10)7-13(17)16(12)8-9/h7,9-10,14H,2-6,8H2,1H3. The Bertz CT molecular complexity index is 474. The fourth-order valence-electron chi connectivity index (χ4n) is 2.85. The summed E-state index contributed by atoms with van der Waals surface area (Å²) in [5.74, 6) is 1.58. The van der Waals surface area contributed by atoms with Crippen molar-refractivity contribution in [3.05, 3.63) is 27.9 Å². The van der Waals surface area contributed by atoms with Gasteiger partial charge in [-0.2, -0.15) is 0 Å². The Morgan fingerprint density at radius 3 is 3.12 bits per heavy atom. The number of nitrogens with zero attached hydrogens (tertiary/aromatic N) is 2. The van der Waals surface area contributed by atoms with Crippen LogP contribution in [0.5, 0.6) is 0 Å². The molecular weight excluding hydrogens is 214 g/mol. The van der Waals surface area contributed by atoms with E-state index in [1.165, 1.54) is 6.42 Å². The molecule has 0 bridgehead atoms. The number of rotatable bonds is 1. The van der Waals surface area contributed by atoms with E-state index < -0.39 is 0 Å². The van der Waals surface area contributed by atoms with Crippen molar-refractivity contribution in [3.8, 4) is 0 Å². The van der Waals surface area contributed by atoms with Gasteiger partial charge in [0.15, 0.2) is 0 Å². The van der Waals surface area contributed by atoms with Crippen LogP contribution in [0.4, 0.5) is 0 Å². The van der Waals surface area contributed by atoms with E-state index in [4.69, 9.17) is 4.98 Å². The lowest BCUT2D eigenvalue weighted by Gasteiger charge is -2.23. The van der Waals surface area contributed by atoms with E-state index >= 15 is 0 Å². The summed E-state index contributed by atoms with van der Waals surface area (Å²) in [6.07, 6.45) is 4.37. The molecule has 4 nitrogen and oxygen atoms in total. The summed E-state index contributed by atoms with van der Waals surface area (Å²) in [6, 6.07) is 2.03. The summed E-state index contributed by atoms with van der Waals surface area (Å²) in [6.45, 7) is 4.07. The predicted octanol–water partition coefficient (Wildman–Crippen LogP) is 1.25. The lowest BCUT2D eigenvalue weighted by molar-refractivity contribution is 0.375. The van der Waals surface area contributed by atoms with E-state index in [0.717, 1.165) is 43.9 Å². The normalized spacial score (nSPS) is 28.1. The number of aromatic nitrogens is 2. The highest BCUT2D eigenvalue weighted by Gasteiger charge is 2.22. The van der Waals surface area contributed by atoms with Crippen LogP contribution in [-0.4, -0.2) is 16.1 Å². The lowest BCUT2D eigenvalue weighted by atomic mass is 10.0. The molecule has 2 unspecified atom stereocenters. The van der Waals surface area contributed by atoms with Crippen molar-refractivity contribution >= 4 is 0 Å². The third-order valence-electron chi connectivity index (χ3n) is 3.88. The molecule has 0 saturated carbocycles. The Morgan fingerprint density at radius 1 is 1.47 bits per heavy atom. The maximum absolute atomic E-state index is 12.1. The first-order chi connectivity index (χ1) is 8.24. The molecule has 0 spiro atoms. The molecule has 2 aliphatic heterocycles. The number of hydrogen-bond donors (Lipinski definition) is 1. The van der Waals surface area contributed by atoms with Crippen LogP contribution >= 0.6 is 0 Å². The van der Waals surface area contributed by atoms with Gasteiger partial charge in [0.25, 0.3) is 5.56 Å². The zero-order valence-corrected chi connectivity index (χ0v) is 10.3. The molecule has 1 N–H and O–H groups in total. The Hall–Kier alpha value is -1.16. The molecule has 1 fully saturated rings. The van der Waals surface area contributed by atoms with Crippen LogP contribution in [0.15, 0.2) is 10.9 Å². The average Bonchev–Trinajstić information content (AvgIpc) is 2.83. The van der Waals surface area contributed by atoms with Crippen molar-refractivity contribution in [1.82, 2.24) is 14.9 Å². The lowest BCUT2D eigenvalue weighted by Crippen LogP contribution is -2.33. The summed E-state index contributed by atoms with van der Waals surface area (Å²) in [7, 11) is 0. The fraction of sp³-hybridized carbons (Fsp3) is 0.692. The van der Waals surface area contributed by atoms with Gasteiger partial charge in [-0.3, -0.25) is 9.36 Å². The highest BCUT2D eigenvalue weighted by atomic mass is 16.1. The maximum atomic E-state index is 12.1. The minimum absolute atomic E-state index is 0.130. The molecule has 2 atom stereocenters. The van der Waals surface area contributed by atoms with Gasteiger partial charge < -0.3 is 5.32 Å². The molecule has 3 heterocycles. The van der Waals surface area contributed by atoms with E-state index in [0.29, 0.717) is 12.0 Å². The SMILES string of the molecule is CC1CCc2nc(C3CCCN3)cc(=O)n2C1. The van der Waals surface area contributed by atoms with Gasteiger partial charge in [0, 0.05) is 25.1 Å². The first kappa shape index (κ1) is 11.0. The quantitative estimate of drug-likeness (QED) is 0.794. The minimum atomic E-state index is 0.130. The van der Waals surface area contributed by atoms with E-state index in [1.807, 2.05) is 4.57 Å². The number of aryl methyl sites for hydroxylation is 1. The van der Waals surface area contributed by atoms with Crippen LogP contribution in [0.1, 0.15) is 43.7 Å². The molecule has 1 aromatic heterocycles. The van der Waals surface area contributed by atoms with Gasteiger partial charge in [-0.15, -0.1) is 0 Å². The van der Waals surface area contributed by atoms with Crippen LogP contribution in [-0.2, 0) is 13.0 Å². The molecule has 1 saturated heterocycles. The molecule has 4 heteroatoms. The third-order valence-corrected chi connectivity index (χ3v) is 3.88. The van der Waals surface area contributed by atoms with Gasteiger partial charge in [0.05, 0.1) is 5.69 Å². The zero-order valence-electron chi connectivity index (χ0n) is 10.3. The molecule has 1 aromatic rings. The zero-order chi connectivity index (χ0) is 11.8. The Balaban J connectivity index is 1.98. The predicted molar refractivity (Wildman–Crippen MR) is 66.0 cm³/mol. The molecule has 2 aliphatic rings. The Labute approximate surface area is 101 Å². The van der Waals surface area contributed by atoms with E-state index in [-0.39, 0.29) is 5.56 Å². The molecule has 0 aliphatic carbocycles. The molecule has 0 amide bonds. The van der Waals surface area contributed by atoms with E-state index in [9.17, 15) is 4.79 Å². The van der Waals surface area contributed by atoms with Gasteiger partial charge in [-0.1, -0.05) is 6.92 Å². The molecule has 0 radical (unpaired) electrons. The average molecular weight is 233 g/mol. The van der Waals surface area contributed by atoms with Crippen LogP contribution in [0, 0.1) is 5.92 Å². The van der Waals surface area contributed by atoms with Crippen molar-refractivity contribution < 1.29 is 0 Å². The Kier molecular flexibility index (Phi) is 2.74. The van der Waals surface area contributed by atoms with Crippen LogP contribution in [0.25, 0.3) is 0 Å². The summed E-state index contributed by atoms with van der Waals surface area (Å²) in [5.41, 5.74) is 1.08. The molecular formula is C13H19N3O. The first-order valence-electron chi connectivity index (χ1n) is 6.58. The second-order valence-corrected chi connectivity index (χ2v) is 5.34. The van der Waals surface area contributed by atoms with Crippen LogP contribution in [0.3, 0.4) is 0 Å². The maximum Gasteiger partial charge on any atom is 0.253 e. The molecule has 17 heavy (non-hydrogen) atoms. The Morgan fingerprint density at radius 2 is 2.35 bits per heavy atom. The highest BCUT2D eigenvalue weighted by molar-refractivity contribution is 5.12. The van der Waals surface area contributed by atoms with Crippen molar-refractivity contribution in [1.29, 1.82) is 0 Å². The first-order valence-corrected chi connectivity index (χ1v) is 6.58. The van der Waals surface area contributed by atoms with Gasteiger partial charge in [-0.05, 0) is 31.7 Å². The van der Waals surface area contributed by atoms with Crippen LogP contribution in [0.2, 0.25) is 0 Å². The van der Waals surface area contributed by atoms with Gasteiger partial charge in [0.1, 0.15) is 5.82 Å². The monoisotopic (exact) mass is 233 g/mol. The number of fused-ring (bicyclic) bond motifs is 1. The molecule has 0 aromatic carbocycles. The molecule has 3 rings (SSSR count). The van der Waals surface area contributed by atoms with Gasteiger partial charge >= 0.3 is 0 Å². The topological polar surface area (TPSA) is 46.9 Å². The van der Waals surface area contributed by atoms with Crippen molar-refractivity contribution in [3.63, 3.8) is 0 Å². The van der Waals surface area contributed by atoms with Gasteiger partial charge in [0.2, 0.25) is 0 Å².